The van der Waals surface area contributed by atoms with Crippen LogP contribution in [0, 0.1) is 0 Å². The number of aromatic amines is 1. The van der Waals surface area contributed by atoms with Gasteiger partial charge in [0.25, 0.3) is 5.56 Å². The van der Waals surface area contributed by atoms with E-state index in [1.54, 1.807) is 11.1 Å². The van der Waals surface area contributed by atoms with Crippen molar-refractivity contribution in [2.24, 2.45) is 0 Å². The zero-order chi connectivity index (χ0) is 15.9. The SMILES string of the molecule is CC(C)(C)OC(=O)N1CCc2c(c(=O)[nH]c3ncccc23)C1. The highest BCUT2D eigenvalue weighted by Crippen LogP contribution is 2.23. The van der Waals surface area contributed by atoms with Crippen molar-refractivity contribution in [2.45, 2.75) is 39.3 Å². The topological polar surface area (TPSA) is 75.3 Å². The lowest BCUT2D eigenvalue weighted by atomic mass is 9.98. The van der Waals surface area contributed by atoms with Crippen LogP contribution in [-0.4, -0.2) is 33.1 Å². The highest BCUT2D eigenvalue weighted by molar-refractivity contribution is 5.80. The number of nitrogens with one attached hydrogen (secondary N) is 1. The molecule has 1 aliphatic heterocycles. The normalized spacial score (nSPS) is 14.8. The minimum atomic E-state index is -0.545. The summed E-state index contributed by atoms with van der Waals surface area (Å²) in [6.45, 7) is 6.29. The molecule has 116 valence electrons. The second-order valence-electron chi connectivity index (χ2n) is 6.46. The average molecular weight is 301 g/mol. The molecule has 0 saturated heterocycles. The fourth-order valence-electron chi connectivity index (χ4n) is 2.68. The van der Waals surface area contributed by atoms with E-state index in [0.29, 0.717) is 24.2 Å². The molecule has 3 rings (SSSR count). The van der Waals surface area contributed by atoms with Crippen LogP contribution in [0.2, 0.25) is 0 Å². The molecule has 0 unspecified atom stereocenters. The summed E-state index contributed by atoms with van der Waals surface area (Å²) in [5.41, 5.74) is 1.47. The molecule has 2 aromatic rings. The predicted octanol–water partition coefficient (Wildman–Crippen LogP) is 2.22. The molecule has 3 heterocycles. The van der Waals surface area contributed by atoms with Gasteiger partial charge in [0.1, 0.15) is 11.2 Å². The smallest absolute Gasteiger partial charge is 0.410 e. The highest BCUT2D eigenvalue weighted by atomic mass is 16.6. The molecular weight excluding hydrogens is 282 g/mol. The number of H-pyrrole nitrogens is 1. The first-order valence-corrected chi connectivity index (χ1v) is 7.32. The number of carbonyl (C=O) groups is 1. The van der Waals surface area contributed by atoms with Gasteiger partial charge in [0.15, 0.2) is 0 Å². The second kappa shape index (κ2) is 5.12. The molecule has 0 radical (unpaired) electrons. The molecule has 0 aromatic carbocycles. The van der Waals surface area contributed by atoms with E-state index in [-0.39, 0.29) is 18.2 Å². The van der Waals surface area contributed by atoms with Gasteiger partial charge in [-0.15, -0.1) is 0 Å². The number of ether oxygens (including phenoxy) is 1. The van der Waals surface area contributed by atoms with Crippen molar-refractivity contribution >= 4 is 17.1 Å². The molecule has 0 fully saturated rings. The van der Waals surface area contributed by atoms with Crippen LogP contribution in [0.5, 0.6) is 0 Å². The number of pyridine rings is 2. The fourth-order valence-corrected chi connectivity index (χ4v) is 2.68. The molecule has 0 spiro atoms. The van der Waals surface area contributed by atoms with Crippen molar-refractivity contribution in [3.63, 3.8) is 0 Å². The minimum Gasteiger partial charge on any atom is -0.444 e. The van der Waals surface area contributed by atoms with Gasteiger partial charge in [0.05, 0.1) is 6.54 Å². The monoisotopic (exact) mass is 301 g/mol. The maximum atomic E-state index is 12.3. The van der Waals surface area contributed by atoms with Crippen LogP contribution in [0.1, 0.15) is 31.9 Å². The third-order valence-electron chi connectivity index (χ3n) is 3.64. The maximum Gasteiger partial charge on any atom is 0.410 e. The van der Waals surface area contributed by atoms with Crippen LogP contribution in [0.15, 0.2) is 23.1 Å². The van der Waals surface area contributed by atoms with E-state index in [4.69, 9.17) is 4.74 Å². The molecule has 6 nitrogen and oxygen atoms in total. The number of aromatic nitrogens is 2. The minimum absolute atomic E-state index is 0.186. The van der Waals surface area contributed by atoms with Crippen molar-refractivity contribution in [1.82, 2.24) is 14.9 Å². The van der Waals surface area contributed by atoms with Crippen LogP contribution in [0.25, 0.3) is 11.0 Å². The Bertz CT molecular complexity index is 789. The first kappa shape index (κ1) is 14.6. The van der Waals surface area contributed by atoms with Crippen LogP contribution in [-0.2, 0) is 17.7 Å². The molecule has 6 heteroatoms. The van der Waals surface area contributed by atoms with Crippen molar-refractivity contribution in [3.8, 4) is 0 Å². The van der Waals surface area contributed by atoms with Gasteiger partial charge >= 0.3 is 6.09 Å². The van der Waals surface area contributed by atoms with E-state index in [1.165, 1.54) is 0 Å². The van der Waals surface area contributed by atoms with Gasteiger partial charge in [-0.3, -0.25) is 4.79 Å². The van der Waals surface area contributed by atoms with Crippen molar-refractivity contribution in [1.29, 1.82) is 0 Å². The molecule has 2 aromatic heterocycles. The van der Waals surface area contributed by atoms with E-state index in [2.05, 4.69) is 9.97 Å². The number of rotatable bonds is 0. The molecule has 0 bridgehead atoms. The summed E-state index contributed by atoms with van der Waals surface area (Å²) in [6, 6.07) is 3.79. The van der Waals surface area contributed by atoms with Crippen molar-refractivity contribution < 1.29 is 9.53 Å². The Balaban J connectivity index is 1.95. The molecule has 1 aliphatic rings. The van der Waals surface area contributed by atoms with Crippen LogP contribution in [0.3, 0.4) is 0 Å². The van der Waals surface area contributed by atoms with Gasteiger partial charge in [-0.25, -0.2) is 9.78 Å². The fraction of sp³-hybridized carbons (Fsp3) is 0.438. The number of hydrogen-bond acceptors (Lipinski definition) is 4. The lowest BCUT2D eigenvalue weighted by molar-refractivity contribution is 0.0223. The standard InChI is InChI=1S/C16H19N3O3/c1-16(2,3)22-15(21)19-8-6-10-11-5-4-7-17-13(11)18-14(20)12(10)9-19/h4-5,7H,6,8-9H2,1-3H3,(H,17,18,20). The summed E-state index contributed by atoms with van der Waals surface area (Å²) >= 11 is 0. The van der Waals surface area contributed by atoms with E-state index in [1.807, 2.05) is 32.9 Å². The molecule has 22 heavy (non-hydrogen) atoms. The van der Waals surface area contributed by atoms with Gasteiger partial charge in [-0.05, 0) is 44.9 Å². The van der Waals surface area contributed by atoms with Crippen molar-refractivity contribution in [3.05, 3.63) is 39.8 Å². The largest absolute Gasteiger partial charge is 0.444 e. The van der Waals surface area contributed by atoms with Gasteiger partial charge in [-0.1, -0.05) is 0 Å². The van der Waals surface area contributed by atoms with Gasteiger partial charge in [-0.2, -0.15) is 0 Å². The Morgan fingerprint density at radius 3 is 2.86 bits per heavy atom. The summed E-state index contributed by atoms with van der Waals surface area (Å²) in [6.07, 6.45) is 1.89. The predicted molar refractivity (Wildman–Crippen MR) is 82.7 cm³/mol. The lowest BCUT2D eigenvalue weighted by Crippen LogP contribution is -2.41. The summed E-state index contributed by atoms with van der Waals surface area (Å²) in [5.74, 6) is 0. The summed E-state index contributed by atoms with van der Waals surface area (Å²) < 4.78 is 5.38. The molecule has 0 aliphatic carbocycles. The maximum absolute atomic E-state index is 12.3. The van der Waals surface area contributed by atoms with Gasteiger partial charge in [0.2, 0.25) is 0 Å². The molecule has 1 N–H and O–H groups in total. The number of amides is 1. The molecule has 0 saturated carbocycles. The van der Waals surface area contributed by atoms with Crippen molar-refractivity contribution in [2.75, 3.05) is 6.54 Å². The lowest BCUT2D eigenvalue weighted by Gasteiger charge is -2.31. The summed E-state index contributed by atoms with van der Waals surface area (Å²) in [7, 11) is 0. The first-order chi connectivity index (χ1) is 10.3. The van der Waals surface area contributed by atoms with Gasteiger partial charge < -0.3 is 14.6 Å². The Morgan fingerprint density at radius 1 is 1.36 bits per heavy atom. The Labute approximate surface area is 128 Å². The number of fused-ring (bicyclic) bond motifs is 3. The van der Waals surface area contributed by atoms with E-state index in [9.17, 15) is 9.59 Å². The zero-order valence-corrected chi connectivity index (χ0v) is 13.0. The Kier molecular flexibility index (Phi) is 3.39. The third-order valence-corrected chi connectivity index (χ3v) is 3.64. The van der Waals surface area contributed by atoms with E-state index < -0.39 is 5.60 Å². The Morgan fingerprint density at radius 2 is 2.14 bits per heavy atom. The van der Waals surface area contributed by atoms with E-state index in [0.717, 1.165) is 10.9 Å². The number of hydrogen-bond donors (Lipinski definition) is 1. The summed E-state index contributed by atoms with van der Waals surface area (Å²) in [5, 5.41) is 0.945. The number of nitrogens with zero attached hydrogens (tertiary/aromatic N) is 2. The molecule has 0 atom stereocenters. The molecule has 1 amide bonds. The van der Waals surface area contributed by atoms with Crippen LogP contribution in [0.4, 0.5) is 4.79 Å². The zero-order valence-electron chi connectivity index (χ0n) is 13.0. The van der Waals surface area contributed by atoms with Crippen LogP contribution >= 0.6 is 0 Å². The highest BCUT2D eigenvalue weighted by Gasteiger charge is 2.28. The third kappa shape index (κ3) is 2.68. The average Bonchev–Trinajstić information content (AvgIpc) is 2.45. The quantitative estimate of drug-likeness (QED) is 0.809. The number of carbonyl (C=O) groups excluding carboxylic acids is 1. The second-order valence-corrected chi connectivity index (χ2v) is 6.46. The van der Waals surface area contributed by atoms with Gasteiger partial charge in [0, 0.05) is 23.7 Å². The van der Waals surface area contributed by atoms with Crippen LogP contribution < -0.4 is 5.56 Å². The molecular formula is C16H19N3O3. The summed E-state index contributed by atoms with van der Waals surface area (Å²) in [4.78, 5) is 33.0. The first-order valence-electron chi connectivity index (χ1n) is 7.32. The van der Waals surface area contributed by atoms with E-state index >= 15 is 0 Å². The Hall–Kier alpha value is -2.37.